The summed E-state index contributed by atoms with van der Waals surface area (Å²) in [5, 5.41) is 0. The molecule has 0 aromatic rings. The maximum Gasteiger partial charge on any atom is 0.310 e. The Bertz CT molecular complexity index is 186. The molecule has 0 heterocycles. The normalized spacial score (nSPS) is 10.9. The summed E-state index contributed by atoms with van der Waals surface area (Å²) >= 11 is 3.78. The summed E-state index contributed by atoms with van der Waals surface area (Å²) < 4.78 is 5.15. The first-order valence-electron chi connectivity index (χ1n) is 7.08. The van der Waals surface area contributed by atoms with Crippen molar-refractivity contribution in [2.24, 2.45) is 5.92 Å². The molecule has 0 fully saturated rings. The van der Waals surface area contributed by atoms with Gasteiger partial charge in [0.2, 0.25) is 0 Å². The molecule has 108 valence electrons. The molecule has 0 saturated carbocycles. The van der Waals surface area contributed by atoms with Crippen LogP contribution in [0, 0.1) is 5.92 Å². The molecule has 0 unspecified atom stereocenters. The van der Waals surface area contributed by atoms with Crippen LogP contribution in [0.3, 0.4) is 0 Å². The molecular formula is C14H28O2S2. The van der Waals surface area contributed by atoms with E-state index in [1.807, 2.05) is 30.4 Å². The average Bonchev–Trinajstić information content (AvgIpc) is 2.37. The second kappa shape index (κ2) is 13.6. The molecule has 0 spiro atoms. The number of rotatable bonds is 12. The van der Waals surface area contributed by atoms with E-state index in [1.165, 1.54) is 25.7 Å². The molecule has 0 bridgehead atoms. The highest BCUT2D eigenvalue weighted by Gasteiger charge is 2.19. The Kier molecular flexibility index (Phi) is 13.7. The third kappa shape index (κ3) is 10.1. The lowest BCUT2D eigenvalue weighted by Gasteiger charge is -2.14. The zero-order valence-corrected chi connectivity index (χ0v) is 13.7. The SMILES string of the molecule is CCCCSCC(CSCCCC)C(=O)OCC. The molecule has 0 aliphatic carbocycles. The van der Waals surface area contributed by atoms with Crippen LogP contribution in [0.25, 0.3) is 0 Å². The minimum absolute atomic E-state index is 0.00880. The van der Waals surface area contributed by atoms with Crippen molar-refractivity contribution in [1.29, 1.82) is 0 Å². The van der Waals surface area contributed by atoms with Gasteiger partial charge in [-0.2, -0.15) is 23.5 Å². The Hall–Kier alpha value is 0.170. The number of esters is 1. The molecule has 0 aromatic heterocycles. The van der Waals surface area contributed by atoms with Crippen LogP contribution in [0.5, 0.6) is 0 Å². The minimum Gasteiger partial charge on any atom is -0.466 e. The van der Waals surface area contributed by atoms with E-state index in [-0.39, 0.29) is 11.9 Å². The highest BCUT2D eigenvalue weighted by molar-refractivity contribution is 8.00. The van der Waals surface area contributed by atoms with E-state index in [4.69, 9.17) is 4.74 Å². The molecule has 2 nitrogen and oxygen atoms in total. The topological polar surface area (TPSA) is 26.3 Å². The summed E-state index contributed by atoms with van der Waals surface area (Å²) in [7, 11) is 0. The summed E-state index contributed by atoms with van der Waals surface area (Å²) in [6.45, 7) is 6.77. The Balaban J connectivity index is 3.88. The quantitative estimate of drug-likeness (QED) is 0.397. The Labute approximate surface area is 121 Å². The van der Waals surface area contributed by atoms with Gasteiger partial charge in [-0.05, 0) is 31.3 Å². The molecule has 0 aliphatic rings. The predicted molar refractivity (Wildman–Crippen MR) is 84.6 cm³/mol. The molecule has 4 heteroatoms. The first kappa shape index (κ1) is 18.2. The van der Waals surface area contributed by atoms with Gasteiger partial charge in [-0.25, -0.2) is 0 Å². The maximum absolute atomic E-state index is 11.8. The number of hydrogen-bond donors (Lipinski definition) is 0. The predicted octanol–water partition coefficient (Wildman–Crippen LogP) is 4.23. The molecule has 0 amide bonds. The standard InChI is InChI=1S/C14H28O2S2/c1-4-7-9-17-11-13(14(15)16-6-3)12-18-10-8-5-2/h13H,4-12H2,1-3H3. The van der Waals surface area contributed by atoms with Gasteiger partial charge in [-0.15, -0.1) is 0 Å². The van der Waals surface area contributed by atoms with Crippen molar-refractivity contribution in [3.05, 3.63) is 0 Å². The third-order valence-electron chi connectivity index (χ3n) is 2.54. The smallest absolute Gasteiger partial charge is 0.310 e. The van der Waals surface area contributed by atoms with Crippen LogP contribution in [-0.4, -0.2) is 35.6 Å². The van der Waals surface area contributed by atoms with Gasteiger partial charge in [0, 0.05) is 11.5 Å². The first-order chi connectivity index (χ1) is 8.76. The van der Waals surface area contributed by atoms with E-state index in [2.05, 4.69) is 13.8 Å². The van der Waals surface area contributed by atoms with Gasteiger partial charge in [-0.1, -0.05) is 26.7 Å². The Morgan fingerprint density at radius 2 is 1.50 bits per heavy atom. The van der Waals surface area contributed by atoms with Crippen LogP contribution >= 0.6 is 23.5 Å². The third-order valence-corrected chi connectivity index (χ3v) is 4.97. The van der Waals surface area contributed by atoms with Crippen LogP contribution in [-0.2, 0) is 9.53 Å². The van der Waals surface area contributed by atoms with Crippen LogP contribution < -0.4 is 0 Å². The minimum atomic E-state index is -0.00880. The van der Waals surface area contributed by atoms with Gasteiger partial charge < -0.3 is 4.74 Å². The zero-order chi connectivity index (χ0) is 13.6. The molecule has 0 aliphatic heterocycles. The molecule has 0 atom stereocenters. The van der Waals surface area contributed by atoms with E-state index < -0.39 is 0 Å². The van der Waals surface area contributed by atoms with E-state index in [9.17, 15) is 4.79 Å². The van der Waals surface area contributed by atoms with E-state index >= 15 is 0 Å². The average molecular weight is 293 g/mol. The number of ether oxygens (including phenoxy) is 1. The monoisotopic (exact) mass is 292 g/mol. The van der Waals surface area contributed by atoms with E-state index in [0.717, 1.165) is 23.0 Å². The summed E-state index contributed by atoms with van der Waals surface area (Å²) in [5.74, 6) is 4.22. The van der Waals surface area contributed by atoms with Crippen molar-refractivity contribution in [2.75, 3.05) is 29.6 Å². The molecule has 0 radical (unpaired) electrons. The van der Waals surface area contributed by atoms with Gasteiger partial charge in [0.25, 0.3) is 0 Å². The second-order valence-electron chi connectivity index (χ2n) is 4.31. The van der Waals surface area contributed by atoms with Gasteiger partial charge in [0.15, 0.2) is 0 Å². The second-order valence-corrected chi connectivity index (χ2v) is 6.61. The lowest BCUT2D eigenvalue weighted by molar-refractivity contribution is -0.146. The maximum atomic E-state index is 11.8. The number of thioether (sulfide) groups is 2. The summed E-state index contributed by atoms with van der Waals surface area (Å²) in [4.78, 5) is 11.8. The molecular weight excluding hydrogens is 264 g/mol. The van der Waals surface area contributed by atoms with Crippen LogP contribution in [0.1, 0.15) is 46.5 Å². The molecule has 0 saturated heterocycles. The molecule has 0 rings (SSSR count). The number of hydrogen-bond acceptors (Lipinski definition) is 4. The van der Waals surface area contributed by atoms with Crippen molar-refractivity contribution >= 4 is 29.5 Å². The van der Waals surface area contributed by atoms with Gasteiger partial charge in [-0.3, -0.25) is 4.79 Å². The Morgan fingerprint density at radius 3 is 1.89 bits per heavy atom. The fraction of sp³-hybridized carbons (Fsp3) is 0.929. The summed E-state index contributed by atoms with van der Waals surface area (Å²) in [6.07, 6.45) is 4.93. The van der Waals surface area contributed by atoms with Crippen molar-refractivity contribution in [3.63, 3.8) is 0 Å². The highest BCUT2D eigenvalue weighted by atomic mass is 32.2. The zero-order valence-electron chi connectivity index (χ0n) is 12.1. The van der Waals surface area contributed by atoms with Crippen molar-refractivity contribution < 1.29 is 9.53 Å². The Morgan fingerprint density at radius 1 is 1.00 bits per heavy atom. The van der Waals surface area contributed by atoms with Gasteiger partial charge in [0.05, 0.1) is 12.5 Å². The summed E-state index contributed by atoms with van der Waals surface area (Å²) in [5.41, 5.74) is 0. The molecule has 0 N–H and O–H groups in total. The van der Waals surface area contributed by atoms with Crippen molar-refractivity contribution in [3.8, 4) is 0 Å². The lowest BCUT2D eigenvalue weighted by Crippen LogP contribution is -2.22. The lowest BCUT2D eigenvalue weighted by atomic mass is 10.2. The van der Waals surface area contributed by atoms with E-state index in [1.54, 1.807) is 0 Å². The molecule has 18 heavy (non-hydrogen) atoms. The number of carbonyl (C=O) groups excluding carboxylic acids is 1. The molecule has 0 aromatic carbocycles. The first-order valence-corrected chi connectivity index (χ1v) is 9.39. The van der Waals surface area contributed by atoms with Crippen LogP contribution in [0.4, 0.5) is 0 Å². The fourth-order valence-electron chi connectivity index (χ4n) is 1.39. The van der Waals surface area contributed by atoms with Crippen LogP contribution in [0.15, 0.2) is 0 Å². The van der Waals surface area contributed by atoms with Crippen LogP contribution in [0.2, 0.25) is 0 Å². The number of unbranched alkanes of at least 4 members (excludes halogenated alkanes) is 2. The number of carbonyl (C=O) groups is 1. The van der Waals surface area contributed by atoms with Crippen molar-refractivity contribution in [1.82, 2.24) is 0 Å². The largest absolute Gasteiger partial charge is 0.466 e. The van der Waals surface area contributed by atoms with Gasteiger partial charge >= 0.3 is 5.97 Å². The van der Waals surface area contributed by atoms with E-state index in [0.29, 0.717) is 6.61 Å². The van der Waals surface area contributed by atoms with Crippen molar-refractivity contribution in [2.45, 2.75) is 46.5 Å². The fourth-order valence-corrected chi connectivity index (χ4v) is 3.93. The van der Waals surface area contributed by atoms with Gasteiger partial charge in [0.1, 0.15) is 0 Å². The highest BCUT2D eigenvalue weighted by Crippen LogP contribution is 2.18. The summed E-state index contributed by atoms with van der Waals surface area (Å²) in [6, 6.07) is 0.